The van der Waals surface area contributed by atoms with Gasteiger partial charge in [-0.3, -0.25) is 19.5 Å². The lowest BCUT2D eigenvalue weighted by atomic mass is 9.97. The molecule has 2 aromatic heterocycles. The molecule has 4 aromatic rings. The fourth-order valence-electron chi connectivity index (χ4n) is 4.36. The van der Waals surface area contributed by atoms with Crippen molar-refractivity contribution in [1.29, 1.82) is 0 Å². The number of aliphatic hydroxyl groups is 1. The van der Waals surface area contributed by atoms with Crippen molar-refractivity contribution in [3.8, 4) is 11.5 Å². The van der Waals surface area contributed by atoms with Crippen LogP contribution in [-0.2, 0) is 16.0 Å². The van der Waals surface area contributed by atoms with Crippen LogP contribution in [0.25, 0.3) is 16.8 Å². The summed E-state index contributed by atoms with van der Waals surface area (Å²) in [6.45, 7) is 2.03. The van der Waals surface area contributed by atoms with Crippen LogP contribution in [0, 0.1) is 0 Å². The number of hydrogen-bond donors (Lipinski definition) is 2. The number of aliphatic hydroxyl groups excluding tert-OH is 1. The number of pyridine rings is 1. The molecule has 2 N–H and O–H groups in total. The zero-order chi connectivity index (χ0) is 25.4. The van der Waals surface area contributed by atoms with Crippen LogP contribution < -0.4 is 14.4 Å². The average molecular weight is 485 g/mol. The van der Waals surface area contributed by atoms with Gasteiger partial charge in [-0.25, -0.2) is 4.98 Å². The molecular weight excluding hydrogens is 460 g/mol. The number of aryl methyl sites for hydroxylation is 1. The molecule has 0 aliphatic carbocycles. The predicted molar refractivity (Wildman–Crippen MR) is 134 cm³/mol. The maximum absolute atomic E-state index is 13.4. The van der Waals surface area contributed by atoms with E-state index in [1.807, 2.05) is 19.1 Å². The van der Waals surface area contributed by atoms with Crippen molar-refractivity contribution in [2.24, 2.45) is 0 Å². The Morgan fingerprint density at radius 2 is 1.78 bits per heavy atom. The summed E-state index contributed by atoms with van der Waals surface area (Å²) >= 11 is 0. The van der Waals surface area contributed by atoms with Crippen LogP contribution in [0.15, 0.2) is 66.4 Å². The lowest BCUT2D eigenvalue weighted by Crippen LogP contribution is -2.30. The van der Waals surface area contributed by atoms with Crippen molar-refractivity contribution < 1.29 is 24.2 Å². The summed E-state index contributed by atoms with van der Waals surface area (Å²) in [6.07, 6.45) is 2.40. The SMILES string of the molecule is CCc1ccc(/C(O)=C2\C(=O)C(=O)N(c3nc4cc(OC)c(OC)cc4[nH]3)C2c2ccccn2)cc1. The minimum atomic E-state index is -0.985. The van der Waals surface area contributed by atoms with Gasteiger partial charge in [-0.2, -0.15) is 0 Å². The first-order valence-corrected chi connectivity index (χ1v) is 11.4. The number of Topliss-reactive ketones (excluding diaryl/α,β-unsaturated/α-hetero) is 1. The number of fused-ring (bicyclic) bond motifs is 1. The summed E-state index contributed by atoms with van der Waals surface area (Å²) in [5, 5.41) is 11.2. The van der Waals surface area contributed by atoms with E-state index in [0.29, 0.717) is 33.8 Å². The number of benzene rings is 2. The molecule has 0 saturated carbocycles. The first-order chi connectivity index (χ1) is 17.5. The third kappa shape index (κ3) is 3.74. The van der Waals surface area contributed by atoms with Gasteiger partial charge in [-0.05, 0) is 24.1 Å². The van der Waals surface area contributed by atoms with E-state index in [4.69, 9.17) is 9.47 Å². The largest absolute Gasteiger partial charge is 0.507 e. The summed E-state index contributed by atoms with van der Waals surface area (Å²) in [5.41, 5.74) is 2.98. The number of nitrogens with one attached hydrogen (secondary N) is 1. The molecule has 1 unspecified atom stereocenters. The number of anilines is 1. The molecule has 0 bridgehead atoms. The van der Waals surface area contributed by atoms with Gasteiger partial charge in [-0.1, -0.05) is 37.3 Å². The molecule has 36 heavy (non-hydrogen) atoms. The second kappa shape index (κ2) is 9.18. The topological polar surface area (TPSA) is 118 Å². The van der Waals surface area contributed by atoms with Gasteiger partial charge >= 0.3 is 5.91 Å². The number of H-pyrrole nitrogens is 1. The first kappa shape index (κ1) is 23.1. The Balaban J connectivity index is 1.69. The highest BCUT2D eigenvalue weighted by Gasteiger charge is 2.48. The van der Waals surface area contributed by atoms with E-state index in [1.165, 1.54) is 19.1 Å². The van der Waals surface area contributed by atoms with Crippen LogP contribution in [0.1, 0.15) is 29.8 Å². The Bertz CT molecular complexity index is 1450. The van der Waals surface area contributed by atoms with Gasteiger partial charge in [0.05, 0.1) is 36.5 Å². The number of rotatable bonds is 6. The number of methoxy groups -OCH3 is 2. The fraction of sp³-hybridized carbons (Fsp3) is 0.185. The maximum atomic E-state index is 13.4. The summed E-state index contributed by atoms with van der Waals surface area (Å²) in [5.74, 6) is -0.818. The molecule has 1 saturated heterocycles. The zero-order valence-electron chi connectivity index (χ0n) is 20.0. The van der Waals surface area contributed by atoms with E-state index >= 15 is 0 Å². The van der Waals surface area contributed by atoms with Crippen molar-refractivity contribution in [1.82, 2.24) is 15.0 Å². The molecule has 1 fully saturated rings. The highest BCUT2D eigenvalue weighted by Crippen LogP contribution is 2.41. The zero-order valence-corrected chi connectivity index (χ0v) is 20.0. The molecule has 0 radical (unpaired) electrons. The number of nitrogens with zero attached hydrogens (tertiary/aromatic N) is 3. The summed E-state index contributed by atoms with van der Waals surface area (Å²) in [6, 6.07) is 14.8. The predicted octanol–water partition coefficient (Wildman–Crippen LogP) is 4.16. The summed E-state index contributed by atoms with van der Waals surface area (Å²) in [7, 11) is 3.04. The van der Waals surface area contributed by atoms with Gasteiger partial charge < -0.3 is 19.6 Å². The number of hydrogen-bond acceptors (Lipinski definition) is 7. The number of amides is 1. The Labute approximate surface area is 207 Å². The third-order valence-corrected chi connectivity index (χ3v) is 6.25. The van der Waals surface area contributed by atoms with Crippen LogP contribution >= 0.6 is 0 Å². The van der Waals surface area contributed by atoms with Crippen molar-refractivity contribution in [2.75, 3.05) is 19.1 Å². The number of ether oxygens (including phenoxy) is 2. The molecule has 9 heteroatoms. The monoisotopic (exact) mass is 484 g/mol. The average Bonchev–Trinajstić information content (AvgIpc) is 3.45. The number of ketones is 1. The lowest BCUT2D eigenvalue weighted by Gasteiger charge is -2.22. The summed E-state index contributed by atoms with van der Waals surface area (Å²) < 4.78 is 10.7. The van der Waals surface area contributed by atoms with E-state index in [9.17, 15) is 14.7 Å². The third-order valence-electron chi connectivity index (χ3n) is 6.25. The number of carbonyl (C=O) groups is 2. The Hall–Kier alpha value is -4.66. The van der Waals surface area contributed by atoms with Gasteiger partial charge in [0.1, 0.15) is 11.8 Å². The first-order valence-electron chi connectivity index (χ1n) is 11.4. The molecule has 182 valence electrons. The second-order valence-corrected chi connectivity index (χ2v) is 8.26. The normalized spacial score (nSPS) is 17.1. The minimum absolute atomic E-state index is 0.0569. The molecule has 1 aliphatic heterocycles. The van der Waals surface area contributed by atoms with Crippen LogP contribution in [0.3, 0.4) is 0 Å². The Morgan fingerprint density at radius 1 is 1.06 bits per heavy atom. The fourth-order valence-corrected chi connectivity index (χ4v) is 4.36. The van der Waals surface area contributed by atoms with E-state index in [2.05, 4.69) is 15.0 Å². The van der Waals surface area contributed by atoms with Gasteiger partial charge in [0.25, 0.3) is 5.78 Å². The lowest BCUT2D eigenvalue weighted by molar-refractivity contribution is -0.132. The van der Waals surface area contributed by atoms with Crippen LogP contribution in [-0.4, -0.2) is 46.0 Å². The molecule has 1 atom stereocenters. The Morgan fingerprint density at radius 3 is 2.42 bits per heavy atom. The molecule has 1 aliphatic rings. The molecule has 9 nitrogen and oxygen atoms in total. The standard InChI is InChI=1S/C27H24N4O5/c1-4-15-8-10-16(11-9-15)24(32)22-23(17-7-5-6-12-28-17)31(26(34)25(22)33)27-29-18-13-20(35-2)21(36-3)14-19(18)30-27/h5-14,23,32H,4H2,1-3H3,(H,29,30)/b24-22+. The van der Waals surface area contributed by atoms with E-state index in [1.54, 1.807) is 48.7 Å². The molecule has 3 heterocycles. The summed E-state index contributed by atoms with van der Waals surface area (Å²) in [4.78, 5) is 39.9. The van der Waals surface area contributed by atoms with Crippen LogP contribution in [0.5, 0.6) is 11.5 Å². The van der Waals surface area contributed by atoms with Gasteiger partial charge in [0.15, 0.2) is 11.5 Å². The van der Waals surface area contributed by atoms with Gasteiger partial charge in [0, 0.05) is 23.9 Å². The van der Waals surface area contributed by atoms with Crippen LogP contribution in [0.2, 0.25) is 0 Å². The maximum Gasteiger partial charge on any atom is 0.302 e. The van der Waals surface area contributed by atoms with Crippen molar-refractivity contribution in [3.63, 3.8) is 0 Å². The number of imidazole rings is 1. The molecule has 0 spiro atoms. The number of aromatic amines is 1. The minimum Gasteiger partial charge on any atom is -0.507 e. The quantitative estimate of drug-likeness (QED) is 0.240. The molecular formula is C27H24N4O5. The van der Waals surface area contributed by atoms with Crippen molar-refractivity contribution >= 4 is 34.4 Å². The Kier molecular flexibility index (Phi) is 5.89. The molecule has 1 amide bonds. The smallest absolute Gasteiger partial charge is 0.302 e. The number of aromatic nitrogens is 3. The number of carbonyl (C=O) groups excluding carboxylic acids is 2. The highest BCUT2D eigenvalue weighted by molar-refractivity contribution is 6.51. The highest BCUT2D eigenvalue weighted by atomic mass is 16.5. The van der Waals surface area contributed by atoms with E-state index in [0.717, 1.165) is 12.0 Å². The van der Waals surface area contributed by atoms with Crippen LogP contribution in [0.4, 0.5) is 5.95 Å². The molecule has 2 aromatic carbocycles. The van der Waals surface area contributed by atoms with Crippen molar-refractivity contribution in [3.05, 3.63) is 83.2 Å². The van der Waals surface area contributed by atoms with Gasteiger partial charge in [-0.15, -0.1) is 0 Å². The van der Waals surface area contributed by atoms with Crippen molar-refractivity contribution in [2.45, 2.75) is 19.4 Å². The van der Waals surface area contributed by atoms with Gasteiger partial charge in [0.2, 0.25) is 5.95 Å². The second-order valence-electron chi connectivity index (χ2n) is 8.26. The van der Waals surface area contributed by atoms with E-state index < -0.39 is 17.7 Å². The molecule has 5 rings (SSSR count). The van der Waals surface area contributed by atoms with E-state index in [-0.39, 0.29) is 17.3 Å².